The van der Waals surface area contributed by atoms with E-state index < -0.39 is 0 Å². The summed E-state index contributed by atoms with van der Waals surface area (Å²) in [6, 6.07) is 55.2. The summed E-state index contributed by atoms with van der Waals surface area (Å²) in [4.78, 5) is 0. The molecule has 0 atom stereocenters. The summed E-state index contributed by atoms with van der Waals surface area (Å²) in [7, 11) is 0. The Bertz CT molecular complexity index is 2330. The van der Waals surface area contributed by atoms with E-state index >= 15 is 0 Å². The molecule has 46 heavy (non-hydrogen) atoms. The minimum atomic E-state index is 0.143. The molecule has 1 aromatic heterocycles. The molecular formula is C43H28O3. The fraction of sp³-hybridized carbons (Fsp3) is 0.0233. The van der Waals surface area contributed by atoms with E-state index in [1.54, 1.807) is 0 Å². The number of benzene rings is 7. The third-order valence-corrected chi connectivity index (χ3v) is 8.87. The van der Waals surface area contributed by atoms with Crippen LogP contribution in [0.4, 0.5) is 0 Å². The zero-order chi connectivity index (χ0) is 30.5. The van der Waals surface area contributed by atoms with Gasteiger partial charge < -0.3 is 13.9 Å². The quantitative estimate of drug-likeness (QED) is 0.204. The van der Waals surface area contributed by atoms with E-state index in [0.29, 0.717) is 0 Å². The van der Waals surface area contributed by atoms with Crippen LogP contribution in [0.2, 0.25) is 0 Å². The number of hydrogen-bond donors (Lipinski definition) is 0. The van der Waals surface area contributed by atoms with E-state index in [-0.39, 0.29) is 6.79 Å². The summed E-state index contributed by atoms with van der Waals surface area (Å²) in [5.74, 6) is 1.60. The second-order valence-corrected chi connectivity index (χ2v) is 11.6. The van der Waals surface area contributed by atoms with Crippen molar-refractivity contribution in [2.75, 3.05) is 6.79 Å². The van der Waals surface area contributed by atoms with Crippen molar-refractivity contribution in [3.63, 3.8) is 0 Å². The van der Waals surface area contributed by atoms with Gasteiger partial charge in [0, 0.05) is 21.9 Å². The fourth-order valence-electron chi connectivity index (χ4n) is 6.64. The van der Waals surface area contributed by atoms with Gasteiger partial charge in [0.2, 0.25) is 6.79 Å². The average molecular weight is 593 g/mol. The van der Waals surface area contributed by atoms with Gasteiger partial charge in [-0.15, -0.1) is 0 Å². The molecule has 2 heterocycles. The van der Waals surface area contributed by atoms with Crippen molar-refractivity contribution < 1.29 is 13.9 Å². The predicted molar refractivity (Wildman–Crippen MR) is 187 cm³/mol. The monoisotopic (exact) mass is 592 g/mol. The predicted octanol–water partition coefficient (Wildman–Crippen LogP) is 11.6. The minimum absolute atomic E-state index is 0.143. The van der Waals surface area contributed by atoms with Gasteiger partial charge in [0.05, 0.1) is 0 Å². The van der Waals surface area contributed by atoms with E-state index in [2.05, 4.69) is 133 Å². The third kappa shape index (κ3) is 4.53. The van der Waals surface area contributed by atoms with Crippen LogP contribution in [0.5, 0.6) is 11.5 Å². The number of fused-ring (bicyclic) bond motifs is 6. The highest BCUT2D eigenvalue weighted by Gasteiger charge is 2.20. The minimum Gasteiger partial charge on any atom is -0.457 e. The van der Waals surface area contributed by atoms with Crippen LogP contribution in [0, 0.1) is 0 Å². The Morgan fingerprint density at radius 3 is 1.74 bits per heavy atom. The molecule has 218 valence electrons. The standard InChI is InChI=1S/C43H28O3/c1-3-10-28(11-4-1)32-22-33(29-12-5-2-6-13-29)24-34(23-32)30-18-20-36-38-25-31(19-21-39(38)44-27-45-42(36)26-30)35-15-9-17-41-43(35)37-14-7-8-16-40(37)46-41/h1-26H,27H2. The maximum Gasteiger partial charge on any atom is 0.230 e. The number of hydrogen-bond acceptors (Lipinski definition) is 3. The molecule has 3 nitrogen and oxygen atoms in total. The molecule has 0 N–H and O–H groups in total. The van der Waals surface area contributed by atoms with Crippen LogP contribution in [0.25, 0.3) is 77.6 Å². The number of para-hydroxylation sites is 1. The molecule has 8 aromatic rings. The Labute approximate surface area is 266 Å². The lowest BCUT2D eigenvalue weighted by molar-refractivity contribution is 0.125. The molecule has 1 aliphatic rings. The second-order valence-electron chi connectivity index (χ2n) is 11.6. The van der Waals surface area contributed by atoms with Gasteiger partial charge in [-0.3, -0.25) is 0 Å². The highest BCUT2D eigenvalue weighted by Crippen LogP contribution is 2.45. The summed E-state index contributed by atoms with van der Waals surface area (Å²) in [6.45, 7) is 0.143. The van der Waals surface area contributed by atoms with E-state index in [1.807, 2.05) is 24.3 Å². The zero-order valence-electron chi connectivity index (χ0n) is 24.9. The van der Waals surface area contributed by atoms with Crippen molar-refractivity contribution in [2.24, 2.45) is 0 Å². The van der Waals surface area contributed by atoms with Gasteiger partial charge in [-0.05, 0) is 99.1 Å². The van der Waals surface area contributed by atoms with Gasteiger partial charge in [-0.25, -0.2) is 0 Å². The van der Waals surface area contributed by atoms with Crippen LogP contribution in [-0.4, -0.2) is 6.79 Å². The van der Waals surface area contributed by atoms with Gasteiger partial charge in [0.15, 0.2) is 0 Å². The first-order valence-corrected chi connectivity index (χ1v) is 15.5. The van der Waals surface area contributed by atoms with Gasteiger partial charge in [0.25, 0.3) is 0 Å². The SMILES string of the molecule is c1ccc(-c2cc(-c3ccccc3)cc(-c3ccc4c(c3)OCOc3ccc(-c5cccc6oc7ccccc7c56)cc3-4)c2)cc1. The van der Waals surface area contributed by atoms with Crippen molar-refractivity contribution in [1.29, 1.82) is 0 Å². The van der Waals surface area contributed by atoms with Crippen LogP contribution >= 0.6 is 0 Å². The van der Waals surface area contributed by atoms with Gasteiger partial charge in [-0.1, -0.05) is 103 Å². The lowest BCUT2D eigenvalue weighted by Crippen LogP contribution is -2.03. The van der Waals surface area contributed by atoms with Crippen molar-refractivity contribution in [1.82, 2.24) is 0 Å². The summed E-state index contributed by atoms with van der Waals surface area (Å²) in [5.41, 5.74) is 12.9. The van der Waals surface area contributed by atoms with Crippen LogP contribution in [0.1, 0.15) is 0 Å². The molecule has 3 heteroatoms. The molecule has 0 radical (unpaired) electrons. The Morgan fingerprint density at radius 1 is 0.348 bits per heavy atom. The highest BCUT2D eigenvalue weighted by molar-refractivity contribution is 6.12. The second kappa shape index (κ2) is 10.8. The van der Waals surface area contributed by atoms with E-state index in [0.717, 1.165) is 66.8 Å². The van der Waals surface area contributed by atoms with Crippen molar-refractivity contribution in [3.8, 4) is 67.1 Å². The lowest BCUT2D eigenvalue weighted by Gasteiger charge is -2.14. The summed E-state index contributed by atoms with van der Waals surface area (Å²) in [6.07, 6.45) is 0. The average Bonchev–Trinajstić information content (AvgIpc) is 3.41. The Morgan fingerprint density at radius 2 is 0.978 bits per heavy atom. The third-order valence-electron chi connectivity index (χ3n) is 8.87. The Kier molecular flexibility index (Phi) is 6.20. The number of rotatable bonds is 4. The first-order chi connectivity index (χ1) is 22.8. The van der Waals surface area contributed by atoms with Crippen molar-refractivity contribution >= 4 is 21.9 Å². The van der Waals surface area contributed by atoms with E-state index in [9.17, 15) is 0 Å². The lowest BCUT2D eigenvalue weighted by atomic mass is 9.91. The fourth-order valence-corrected chi connectivity index (χ4v) is 6.64. The molecule has 7 aromatic carbocycles. The summed E-state index contributed by atoms with van der Waals surface area (Å²) >= 11 is 0. The van der Waals surface area contributed by atoms with Gasteiger partial charge >= 0.3 is 0 Å². The molecule has 0 spiro atoms. The van der Waals surface area contributed by atoms with Crippen LogP contribution in [0.15, 0.2) is 162 Å². The number of ether oxygens (including phenoxy) is 2. The van der Waals surface area contributed by atoms with Crippen LogP contribution in [-0.2, 0) is 0 Å². The normalized spacial score (nSPS) is 12.2. The summed E-state index contributed by atoms with van der Waals surface area (Å²) in [5, 5.41) is 2.23. The largest absolute Gasteiger partial charge is 0.457 e. The van der Waals surface area contributed by atoms with Gasteiger partial charge in [0.1, 0.15) is 22.7 Å². The molecule has 0 bridgehead atoms. The molecule has 1 aliphatic heterocycles. The molecule has 0 saturated carbocycles. The van der Waals surface area contributed by atoms with Crippen molar-refractivity contribution in [3.05, 3.63) is 158 Å². The molecule has 0 amide bonds. The molecular weight excluding hydrogens is 564 g/mol. The van der Waals surface area contributed by atoms with Crippen LogP contribution in [0.3, 0.4) is 0 Å². The smallest absolute Gasteiger partial charge is 0.230 e. The molecule has 0 aliphatic carbocycles. The molecule has 0 fully saturated rings. The van der Waals surface area contributed by atoms with E-state index in [4.69, 9.17) is 13.9 Å². The first-order valence-electron chi connectivity index (χ1n) is 15.5. The molecule has 0 unspecified atom stereocenters. The first kappa shape index (κ1) is 26.4. The molecule has 9 rings (SSSR count). The topological polar surface area (TPSA) is 31.6 Å². The maximum atomic E-state index is 6.25. The van der Waals surface area contributed by atoms with E-state index in [1.165, 1.54) is 22.3 Å². The zero-order valence-corrected chi connectivity index (χ0v) is 24.9. The van der Waals surface area contributed by atoms with Crippen LogP contribution < -0.4 is 9.47 Å². The maximum absolute atomic E-state index is 6.25. The van der Waals surface area contributed by atoms with Gasteiger partial charge in [-0.2, -0.15) is 0 Å². The molecule has 0 saturated heterocycles. The highest BCUT2D eigenvalue weighted by atomic mass is 16.7. The van der Waals surface area contributed by atoms with Crippen molar-refractivity contribution in [2.45, 2.75) is 0 Å². The Balaban J connectivity index is 1.17. The summed E-state index contributed by atoms with van der Waals surface area (Å²) < 4.78 is 18.6. The number of furan rings is 1. The Hall–Kier alpha value is -6.06.